The minimum Gasteiger partial charge on any atom is -0.294 e. The first-order valence-corrected chi connectivity index (χ1v) is 5.94. The fourth-order valence-electron chi connectivity index (χ4n) is 2.80. The molecule has 0 saturated carbocycles. The van der Waals surface area contributed by atoms with Gasteiger partial charge in [-0.2, -0.15) is 5.10 Å². The fourth-order valence-corrected chi connectivity index (χ4v) is 2.90. The molecule has 0 aliphatic carbocycles. The summed E-state index contributed by atoms with van der Waals surface area (Å²) in [4.78, 5) is 2.53. The van der Waals surface area contributed by atoms with Crippen LogP contribution in [-0.2, 0) is 0 Å². The monoisotopic (exact) mass is 223 g/mol. The van der Waals surface area contributed by atoms with Crippen LogP contribution in [0.15, 0.2) is 12.1 Å². The Morgan fingerprint density at radius 1 is 1.20 bits per heavy atom. The molecule has 0 spiro atoms. The van der Waals surface area contributed by atoms with E-state index in [1.54, 1.807) is 0 Å². The van der Waals surface area contributed by atoms with E-state index in [0.29, 0.717) is 11.2 Å². The van der Waals surface area contributed by atoms with Crippen LogP contribution in [0.5, 0.6) is 0 Å². The lowest BCUT2D eigenvalue weighted by atomic mass is 9.94. The zero-order valence-electron chi connectivity index (χ0n) is 8.56. The molecule has 1 aromatic rings. The molecule has 2 aliphatic rings. The van der Waals surface area contributed by atoms with E-state index in [4.69, 9.17) is 11.6 Å². The van der Waals surface area contributed by atoms with Gasteiger partial charge in [-0.1, -0.05) is 11.6 Å². The van der Waals surface area contributed by atoms with E-state index < -0.39 is 0 Å². The van der Waals surface area contributed by atoms with Crippen LogP contribution in [0.25, 0.3) is 0 Å². The lowest BCUT2D eigenvalue weighted by Crippen LogP contribution is -2.31. The van der Waals surface area contributed by atoms with E-state index >= 15 is 0 Å². The predicted octanol–water partition coefficient (Wildman–Crippen LogP) is 2.29. The molecule has 3 atom stereocenters. The number of fused-ring (bicyclic) bond motifs is 2. The molecule has 15 heavy (non-hydrogen) atoms. The Kier molecular flexibility index (Phi) is 2.37. The molecule has 2 fully saturated rings. The van der Waals surface area contributed by atoms with Gasteiger partial charge in [-0.25, -0.2) is 0 Å². The van der Waals surface area contributed by atoms with E-state index in [2.05, 4.69) is 15.1 Å². The predicted molar refractivity (Wildman–Crippen MR) is 58.7 cm³/mol. The van der Waals surface area contributed by atoms with Crippen molar-refractivity contribution in [2.75, 3.05) is 13.1 Å². The summed E-state index contributed by atoms with van der Waals surface area (Å²) < 4.78 is 0. The van der Waals surface area contributed by atoms with E-state index in [1.807, 2.05) is 12.1 Å². The fraction of sp³-hybridized carbons (Fsp3) is 0.636. The lowest BCUT2D eigenvalue weighted by Gasteiger charge is -2.31. The first kappa shape index (κ1) is 9.55. The summed E-state index contributed by atoms with van der Waals surface area (Å²) in [7, 11) is 0. The Labute approximate surface area is 94.4 Å². The van der Waals surface area contributed by atoms with Crippen LogP contribution in [0.1, 0.15) is 31.0 Å². The standard InChI is InChI=1S/C11H14ClN3/c12-11-4-2-9(13-14-11)10-3-1-8-5-6-15(10)7-8/h2,4,8,10H,1,3,5-7H2. The van der Waals surface area contributed by atoms with Crippen LogP contribution in [0, 0.1) is 5.92 Å². The lowest BCUT2D eigenvalue weighted by molar-refractivity contribution is 0.178. The quantitative estimate of drug-likeness (QED) is 0.732. The number of hydrogen-bond donors (Lipinski definition) is 0. The second-order valence-corrected chi connectivity index (χ2v) is 4.91. The third kappa shape index (κ3) is 1.74. The number of rotatable bonds is 1. The summed E-state index contributed by atoms with van der Waals surface area (Å²) in [6, 6.07) is 4.33. The molecule has 0 radical (unpaired) electrons. The van der Waals surface area contributed by atoms with Crippen LogP contribution < -0.4 is 0 Å². The van der Waals surface area contributed by atoms with Crippen LogP contribution in [-0.4, -0.2) is 28.2 Å². The van der Waals surface area contributed by atoms with Crippen molar-refractivity contribution in [3.63, 3.8) is 0 Å². The van der Waals surface area contributed by atoms with Gasteiger partial charge < -0.3 is 0 Å². The van der Waals surface area contributed by atoms with E-state index in [-0.39, 0.29) is 0 Å². The third-order valence-electron chi connectivity index (χ3n) is 3.60. The summed E-state index contributed by atoms with van der Waals surface area (Å²) in [6.45, 7) is 2.47. The average Bonchev–Trinajstić information content (AvgIpc) is 2.63. The highest BCUT2D eigenvalue weighted by atomic mass is 35.5. The topological polar surface area (TPSA) is 29.0 Å². The van der Waals surface area contributed by atoms with Crippen molar-refractivity contribution < 1.29 is 0 Å². The third-order valence-corrected chi connectivity index (χ3v) is 3.80. The SMILES string of the molecule is Clc1ccc(C2CCC3CCN2C3)nn1. The minimum absolute atomic E-state index is 0.480. The van der Waals surface area contributed by atoms with Gasteiger partial charge in [-0.15, -0.1) is 5.10 Å². The van der Waals surface area contributed by atoms with Gasteiger partial charge in [0.25, 0.3) is 0 Å². The minimum atomic E-state index is 0.480. The smallest absolute Gasteiger partial charge is 0.151 e. The Balaban J connectivity index is 1.84. The molecule has 3 unspecified atom stereocenters. The number of piperidine rings is 1. The maximum absolute atomic E-state index is 5.74. The molecule has 80 valence electrons. The Bertz CT molecular complexity index is 351. The maximum atomic E-state index is 5.74. The molecule has 0 amide bonds. The van der Waals surface area contributed by atoms with Gasteiger partial charge in [-0.3, -0.25) is 4.90 Å². The first-order chi connectivity index (χ1) is 7.33. The van der Waals surface area contributed by atoms with Crippen LogP contribution in [0.4, 0.5) is 0 Å². The van der Waals surface area contributed by atoms with Crippen molar-refractivity contribution in [3.8, 4) is 0 Å². The number of hydrogen-bond acceptors (Lipinski definition) is 3. The van der Waals surface area contributed by atoms with E-state index in [1.165, 1.54) is 32.4 Å². The highest BCUT2D eigenvalue weighted by Gasteiger charge is 2.34. The van der Waals surface area contributed by atoms with Crippen LogP contribution in [0.3, 0.4) is 0 Å². The summed E-state index contributed by atoms with van der Waals surface area (Å²) in [5, 5.41) is 8.60. The van der Waals surface area contributed by atoms with Crippen molar-refractivity contribution in [2.24, 2.45) is 5.92 Å². The van der Waals surface area contributed by atoms with E-state index in [0.717, 1.165) is 11.6 Å². The average molecular weight is 224 g/mol. The summed E-state index contributed by atoms with van der Waals surface area (Å²) in [5.74, 6) is 0.932. The number of aromatic nitrogens is 2. The van der Waals surface area contributed by atoms with Gasteiger partial charge in [0.1, 0.15) is 0 Å². The zero-order valence-corrected chi connectivity index (χ0v) is 9.32. The zero-order chi connectivity index (χ0) is 10.3. The van der Waals surface area contributed by atoms with Crippen molar-refractivity contribution in [1.29, 1.82) is 0 Å². The summed E-state index contributed by atoms with van der Waals surface area (Å²) in [6.07, 6.45) is 3.92. The molecule has 0 aromatic carbocycles. The molecule has 2 bridgehead atoms. The second-order valence-electron chi connectivity index (χ2n) is 4.52. The summed E-state index contributed by atoms with van der Waals surface area (Å²) >= 11 is 5.74. The molecule has 3 rings (SSSR count). The van der Waals surface area contributed by atoms with Crippen LogP contribution >= 0.6 is 11.6 Å². The second kappa shape index (κ2) is 3.72. The van der Waals surface area contributed by atoms with Gasteiger partial charge >= 0.3 is 0 Å². The van der Waals surface area contributed by atoms with Crippen molar-refractivity contribution in [2.45, 2.75) is 25.3 Å². The Morgan fingerprint density at radius 2 is 2.13 bits per heavy atom. The van der Waals surface area contributed by atoms with Crippen molar-refractivity contribution in [1.82, 2.24) is 15.1 Å². The van der Waals surface area contributed by atoms with Gasteiger partial charge in [0.05, 0.1) is 11.7 Å². The molecule has 3 nitrogen and oxygen atoms in total. The highest BCUT2D eigenvalue weighted by Crippen LogP contribution is 2.38. The molecule has 4 heteroatoms. The highest BCUT2D eigenvalue weighted by molar-refractivity contribution is 6.29. The largest absolute Gasteiger partial charge is 0.294 e. The Hall–Kier alpha value is -0.670. The van der Waals surface area contributed by atoms with Crippen LogP contribution in [0.2, 0.25) is 5.15 Å². The molecular weight excluding hydrogens is 210 g/mol. The first-order valence-electron chi connectivity index (χ1n) is 5.56. The normalized spacial score (nSPS) is 34.3. The van der Waals surface area contributed by atoms with Gasteiger partial charge in [0.15, 0.2) is 5.15 Å². The molecule has 1 aromatic heterocycles. The van der Waals surface area contributed by atoms with Gasteiger partial charge in [0, 0.05) is 6.54 Å². The number of halogens is 1. The molecular formula is C11H14ClN3. The van der Waals surface area contributed by atoms with Gasteiger partial charge in [-0.05, 0) is 43.9 Å². The van der Waals surface area contributed by atoms with Crippen molar-refractivity contribution in [3.05, 3.63) is 23.0 Å². The molecule has 2 saturated heterocycles. The number of nitrogens with zero attached hydrogens (tertiary/aromatic N) is 3. The Morgan fingerprint density at radius 3 is 2.93 bits per heavy atom. The maximum Gasteiger partial charge on any atom is 0.151 e. The van der Waals surface area contributed by atoms with Gasteiger partial charge in [0.2, 0.25) is 0 Å². The molecule has 2 aliphatic heterocycles. The summed E-state index contributed by atoms with van der Waals surface area (Å²) in [5.41, 5.74) is 1.08. The van der Waals surface area contributed by atoms with Crippen molar-refractivity contribution >= 4 is 11.6 Å². The molecule has 3 heterocycles. The van der Waals surface area contributed by atoms with E-state index in [9.17, 15) is 0 Å². The molecule has 0 N–H and O–H groups in total.